The smallest absolute Gasteiger partial charge is 0.224 e. The molecular formula is C16H23FN2OS. The normalized spacial score (nSPS) is 10.4. The Kier molecular flexibility index (Phi) is 7.90. The van der Waals surface area contributed by atoms with E-state index in [1.165, 1.54) is 43.9 Å². The lowest BCUT2D eigenvalue weighted by Gasteiger charge is -2.08. The van der Waals surface area contributed by atoms with E-state index in [0.717, 1.165) is 12.8 Å². The molecular weight excluding hydrogens is 287 g/mol. The highest BCUT2D eigenvalue weighted by Crippen LogP contribution is 2.15. The number of rotatable bonds is 9. The molecule has 0 fully saturated rings. The van der Waals surface area contributed by atoms with Crippen LogP contribution in [0.15, 0.2) is 18.2 Å². The second-order valence-corrected chi connectivity index (χ2v) is 5.56. The zero-order valence-corrected chi connectivity index (χ0v) is 13.3. The number of hydrogen-bond acceptors (Lipinski definition) is 2. The minimum absolute atomic E-state index is 0.0143. The molecule has 5 heteroatoms. The van der Waals surface area contributed by atoms with Crippen LogP contribution in [0.5, 0.6) is 0 Å². The van der Waals surface area contributed by atoms with Crippen molar-refractivity contribution in [2.24, 2.45) is 5.73 Å². The Labute approximate surface area is 131 Å². The summed E-state index contributed by atoms with van der Waals surface area (Å²) in [7, 11) is 0. The van der Waals surface area contributed by atoms with Gasteiger partial charge in [0.05, 0.1) is 0 Å². The van der Waals surface area contributed by atoms with E-state index < -0.39 is 5.82 Å². The molecule has 1 amide bonds. The number of unbranched alkanes of at least 4 members (excludes halogenated alkanes) is 5. The van der Waals surface area contributed by atoms with E-state index in [9.17, 15) is 9.18 Å². The third-order valence-corrected chi connectivity index (χ3v) is 3.49. The van der Waals surface area contributed by atoms with E-state index >= 15 is 0 Å². The summed E-state index contributed by atoms with van der Waals surface area (Å²) in [6.07, 6.45) is 7.29. The first-order valence-electron chi connectivity index (χ1n) is 7.43. The van der Waals surface area contributed by atoms with Gasteiger partial charge in [0.25, 0.3) is 0 Å². The number of nitrogens with one attached hydrogen (secondary N) is 1. The number of halogens is 1. The lowest BCUT2D eigenvalue weighted by atomic mass is 10.1. The maximum Gasteiger partial charge on any atom is 0.224 e. The summed E-state index contributed by atoms with van der Waals surface area (Å²) in [4.78, 5) is 11.8. The summed E-state index contributed by atoms with van der Waals surface area (Å²) in [6, 6.07) is 4.24. The van der Waals surface area contributed by atoms with Gasteiger partial charge in [-0.3, -0.25) is 4.79 Å². The van der Waals surface area contributed by atoms with Crippen LogP contribution in [0.4, 0.5) is 10.1 Å². The van der Waals surface area contributed by atoms with Gasteiger partial charge in [-0.05, 0) is 24.6 Å². The highest BCUT2D eigenvalue weighted by molar-refractivity contribution is 7.80. The molecule has 0 aromatic heterocycles. The van der Waals surface area contributed by atoms with Gasteiger partial charge in [0.15, 0.2) is 0 Å². The molecule has 0 aliphatic heterocycles. The minimum atomic E-state index is -0.476. The van der Waals surface area contributed by atoms with Crippen LogP contribution in [0.1, 0.15) is 57.4 Å². The second-order valence-electron chi connectivity index (χ2n) is 5.12. The highest BCUT2D eigenvalue weighted by atomic mass is 32.1. The van der Waals surface area contributed by atoms with Crippen molar-refractivity contribution in [2.45, 2.75) is 51.9 Å². The average Bonchev–Trinajstić information content (AvgIpc) is 2.44. The van der Waals surface area contributed by atoms with Gasteiger partial charge in [0, 0.05) is 17.7 Å². The number of amides is 1. The topological polar surface area (TPSA) is 55.1 Å². The molecule has 1 rings (SSSR count). The quantitative estimate of drug-likeness (QED) is 0.532. The Morgan fingerprint density at radius 3 is 2.57 bits per heavy atom. The Hall–Kier alpha value is -1.49. The van der Waals surface area contributed by atoms with E-state index in [4.69, 9.17) is 18.0 Å². The molecule has 0 atom stereocenters. The van der Waals surface area contributed by atoms with Gasteiger partial charge >= 0.3 is 0 Å². The zero-order valence-electron chi connectivity index (χ0n) is 12.5. The predicted molar refractivity (Wildman–Crippen MR) is 88.9 cm³/mol. The fourth-order valence-electron chi connectivity index (χ4n) is 2.08. The van der Waals surface area contributed by atoms with E-state index in [0.29, 0.717) is 12.1 Å². The van der Waals surface area contributed by atoms with Crippen LogP contribution in [0.2, 0.25) is 0 Å². The van der Waals surface area contributed by atoms with Crippen molar-refractivity contribution in [3.63, 3.8) is 0 Å². The molecule has 1 aromatic rings. The summed E-state index contributed by atoms with van der Waals surface area (Å²) in [5.41, 5.74) is 6.11. The maximum absolute atomic E-state index is 13.4. The fraction of sp³-hybridized carbons (Fsp3) is 0.500. The molecule has 116 valence electrons. The standard InChI is InChI=1S/C16H23FN2OS/c1-2-3-4-5-6-7-8-15(20)19-12-9-10-14(17)13(11-12)16(18)21/h9-11H,2-8H2,1H3,(H2,18,21)(H,19,20). The first-order valence-corrected chi connectivity index (χ1v) is 7.84. The predicted octanol–water partition coefficient (Wildman–Crippen LogP) is 4.15. The van der Waals surface area contributed by atoms with Crippen LogP contribution in [0.25, 0.3) is 0 Å². The Morgan fingerprint density at radius 2 is 1.90 bits per heavy atom. The van der Waals surface area contributed by atoms with Crippen LogP contribution < -0.4 is 11.1 Å². The van der Waals surface area contributed by atoms with Gasteiger partial charge in [-0.25, -0.2) is 4.39 Å². The molecule has 3 nitrogen and oxygen atoms in total. The molecule has 0 unspecified atom stereocenters. The number of carbonyl (C=O) groups is 1. The molecule has 0 aliphatic rings. The molecule has 0 radical (unpaired) electrons. The monoisotopic (exact) mass is 310 g/mol. The first-order chi connectivity index (χ1) is 10.0. The number of carbonyl (C=O) groups excluding carboxylic acids is 1. The molecule has 0 aliphatic carbocycles. The third-order valence-electron chi connectivity index (χ3n) is 3.27. The molecule has 0 bridgehead atoms. The van der Waals surface area contributed by atoms with E-state index in [1.807, 2.05) is 0 Å². The van der Waals surface area contributed by atoms with Gasteiger partial charge < -0.3 is 11.1 Å². The molecule has 0 spiro atoms. The van der Waals surface area contributed by atoms with Crippen LogP contribution in [0, 0.1) is 5.82 Å². The highest BCUT2D eigenvalue weighted by Gasteiger charge is 2.08. The number of nitrogens with two attached hydrogens (primary N) is 1. The van der Waals surface area contributed by atoms with Crippen LogP contribution >= 0.6 is 12.2 Å². The van der Waals surface area contributed by atoms with Gasteiger partial charge in [-0.1, -0.05) is 51.2 Å². The molecule has 1 aromatic carbocycles. The number of benzene rings is 1. The first kappa shape index (κ1) is 17.6. The van der Waals surface area contributed by atoms with Gasteiger partial charge in [-0.15, -0.1) is 0 Å². The molecule has 21 heavy (non-hydrogen) atoms. The van der Waals surface area contributed by atoms with E-state index in [1.54, 1.807) is 0 Å². The second kappa shape index (κ2) is 9.45. The van der Waals surface area contributed by atoms with Gasteiger partial charge in [0.1, 0.15) is 10.8 Å². The summed E-state index contributed by atoms with van der Waals surface area (Å²) in [5.74, 6) is -0.539. The minimum Gasteiger partial charge on any atom is -0.389 e. The van der Waals surface area contributed by atoms with Crippen molar-refractivity contribution in [1.82, 2.24) is 0 Å². The number of anilines is 1. The maximum atomic E-state index is 13.4. The van der Waals surface area contributed by atoms with Crippen LogP contribution in [-0.2, 0) is 4.79 Å². The van der Waals surface area contributed by atoms with Crippen molar-refractivity contribution in [1.29, 1.82) is 0 Å². The van der Waals surface area contributed by atoms with Crippen molar-refractivity contribution < 1.29 is 9.18 Å². The van der Waals surface area contributed by atoms with Crippen LogP contribution in [-0.4, -0.2) is 10.9 Å². The van der Waals surface area contributed by atoms with Gasteiger partial charge in [0.2, 0.25) is 5.91 Å². The van der Waals surface area contributed by atoms with Crippen LogP contribution in [0.3, 0.4) is 0 Å². The molecule has 0 heterocycles. The SMILES string of the molecule is CCCCCCCCC(=O)Nc1ccc(F)c(C(N)=S)c1. The lowest BCUT2D eigenvalue weighted by molar-refractivity contribution is -0.116. The molecule has 0 saturated heterocycles. The average molecular weight is 310 g/mol. The summed E-state index contributed by atoms with van der Waals surface area (Å²) >= 11 is 4.77. The summed E-state index contributed by atoms with van der Waals surface area (Å²) < 4.78 is 13.4. The number of hydrogen-bond donors (Lipinski definition) is 2. The molecule has 3 N–H and O–H groups in total. The Morgan fingerprint density at radius 1 is 1.24 bits per heavy atom. The third kappa shape index (κ3) is 6.67. The van der Waals surface area contributed by atoms with E-state index in [2.05, 4.69) is 12.2 Å². The van der Waals surface area contributed by atoms with Crippen molar-refractivity contribution >= 4 is 28.8 Å². The Bertz CT molecular complexity index is 491. The number of thiocarbonyl (C=S) groups is 1. The van der Waals surface area contributed by atoms with Crippen molar-refractivity contribution in [2.75, 3.05) is 5.32 Å². The summed E-state index contributed by atoms with van der Waals surface area (Å²) in [6.45, 7) is 2.18. The Balaban J connectivity index is 2.38. The summed E-state index contributed by atoms with van der Waals surface area (Å²) in [5, 5.41) is 2.75. The molecule has 0 saturated carbocycles. The van der Waals surface area contributed by atoms with E-state index in [-0.39, 0.29) is 16.5 Å². The van der Waals surface area contributed by atoms with Gasteiger partial charge in [-0.2, -0.15) is 0 Å². The zero-order chi connectivity index (χ0) is 15.7. The lowest BCUT2D eigenvalue weighted by Crippen LogP contribution is -2.15. The van der Waals surface area contributed by atoms with Crippen molar-refractivity contribution in [3.8, 4) is 0 Å². The fourth-order valence-corrected chi connectivity index (χ4v) is 2.24. The van der Waals surface area contributed by atoms with Crippen molar-refractivity contribution in [3.05, 3.63) is 29.6 Å². The largest absolute Gasteiger partial charge is 0.389 e.